The highest BCUT2D eigenvalue weighted by molar-refractivity contribution is 7.15. The van der Waals surface area contributed by atoms with Crippen molar-refractivity contribution in [2.24, 2.45) is 5.92 Å². The number of halogens is 3. The van der Waals surface area contributed by atoms with Crippen molar-refractivity contribution in [3.63, 3.8) is 0 Å². The minimum absolute atomic E-state index is 0.00521. The number of anilines is 2. The van der Waals surface area contributed by atoms with Gasteiger partial charge in [0.1, 0.15) is 17.5 Å². The number of rotatable bonds is 5. The molecule has 0 saturated carbocycles. The molecular weight excluding hydrogens is 415 g/mol. The van der Waals surface area contributed by atoms with E-state index in [9.17, 15) is 22.8 Å². The van der Waals surface area contributed by atoms with Gasteiger partial charge in [-0.25, -0.2) is 18.2 Å². The molecule has 4 rings (SSSR count). The number of carbonyl (C=O) groups is 2. The molecule has 154 valence electrons. The molecular formula is C21H16F3N3O2S. The van der Waals surface area contributed by atoms with E-state index in [0.717, 1.165) is 21.4 Å². The lowest BCUT2D eigenvalue weighted by molar-refractivity contribution is -0.122. The summed E-state index contributed by atoms with van der Waals surface area (Å²) in [5, 5.41) is 3.05. The van der Waals surface area contributed by atoms with Crippen LogP contribution in [0.2, 0.25) is 0 Å². The molecule has 2 heterocycles. The fraction of sp³-hybridized carbons (Fsp3) is 0.190. The quantitative estimate of drug-likeness (QED) is 0.661. The highest BCUT2D eigenvalue weighted by Crippen LogP contribution is 2.29. The van der Waals surface area contributed by atoms with Crippen LogP contribution in [0.3, 0.4) is 0 Å². The zero-order chi connectivity index (χ0) is 21.3. The summed E-state index contributed by atoms with van der Waals surface area (Å²) in [5.41, 5.74) is 0.734. The summed E-state index contributed by atoms with van der Waals surface area (Å²) in [6.07, 6.45) is 2.00. The second kappa shape index (κ2) is 8.27. The van der Waals surface area contributed by atoms with E-state index in [1.54, 1.807) is 18.3 Å². The smallest absolute Gasteiger partial charge is 0.231 e. The zero-order valence-corrected chi connectivity index (χ0v) is 16.4. The lowest BCUT2D eigenvalue weighted by Gasteiger charge is -2.17. The lowest BCUT2D eigenvalue weighted by Crippen LogP contribution is -2.28. The summed E-state index contributed by atoms with van der Waals surface area (Å²) in [7, 11) is 0. The van der Waals surface area contributed by atoms with Gasteiger partial charge < -0.3 is 10.2 Å². The molecule has 1 saturated heterocycles. The maximum Gasteiger partial charge on any atom is 0.231 e. The predicted molar refractivity (Wildman–Crippen MR) is 107 cm³/mol. The fourth-order valence-electron chi connectivity index (χ4n) is 3.32. The highest BCUT2D eigenvalue weighted by Gasteiger charge is 2.36. The summed E-state index contributed by atoms with van der Waals surface area (Å²) in [6, 6.07) is 9.18. The Balaban J connectivity index is 1.40. The SMILES string of the molecule is O=C(Nc1ncc(Cc2cccc(F)c2)s1)C1CC(=O)N(c2ccc(F)cc2F)C1. The maximum atomic E-state index is 14.0. The van der Waals surface area contributed by atoms with Gasteiger partial charge in [0, 0.05) is 36.5 Å². The largest absolute Gasteiger partial charge is 0.309 e. The Kier molecular flexibility index (Phi) is 5.54. The van der Waals surface area contributed by atoms with Crippen molar-refractivity contribution in [3.8, 4) is 0 Å². The molecule has 1 fully saturated rings. The molecule has 0 spiro atoms. The van der Waals surface area contributed by atoms with Gasteiger partial charge in [-0.15, -0.1) is 11.3 Å². The second-order valence-corrected chi connectivity index (χ2v) is 8.04. The first kappa shape index (κ1) is 20.1. The van der Waals surface area contributed by atoms with Crippen LogP contribution in [0.15, 0.2) is 48.7 Å². The Morgan fingerprint density at radius 3 is 2.73 bits per heavy atom. The minimum atomic E-state index is -0.855. The highest BCUT2D eigenvalue weighted by atomic mass is 32.1. The van der Waals surface area contributed by atoms with Gasteiger partial charge in [0.15, 0.2) is 5.13 Å². The summed E-state index contributed by atoms with van der Waals surface area (Å²) in [4.78, 5) is 31.0. The number of hydrogen-bond donors (Lipinski definition) is 1. The molecule has 30 heavy (non-hydrogen) atoms. The van der Waals surface area contributed by atoms with Crippen LogP contribution in [-0.2, 0) is 16.0 Å². The van der Waals surface area contributed by atoms with Crippen LogP contribution >= 0.6 is 11.3 Å². The standard InChI is InChI=1S/C21H16F3N3O2S/c22-14-3-1-2-12(6-14)7-16-10-25-21(30-16)26-20(29)13-8-19(28)27(11-13)18-5-4-15(23)9-17(18)24/h1-6,9-10,13H,7-8,11H2,(H,25,26,29). The number of carbonyl (C=O) groups excluding carboxylic acids is 2. The molecule has 1 unspecified atom stereocenters. The molecule has 1 N–H and O–H groups in total. The molecule has 9 heteroatoms. The van der Waals surface area contributed by atoms with Crippen LogP contribution in [0, 0.1) is 23.4 Å². The lowest BCUT2D eigenvalue weighted by atomic mass is 10.1. The van der Waals surface area contributed by atoms with Gasteiger partial charge in [0.05, 0.1) is 11.6 Å². The Hall–Kier alpha value is -3.20. The first-order valence-electron chi connectivity index (χ1n) is 9.14. The third-order valence-corrected chi connectivity index (χ3v) is 5.66. The maximum absolute atomic E-state index is 14.0. The number of nitrogens with one attached hydrogen (secondary N) is 1. The van der Waals surface area contributed by atoms with E-state index in [1.165, 1.54) is 29.5 Å². The van der Waals surface area contributed by atoms with Crippen LogP contribution < -0.4 is 10.2 Å². The third kappa shape index (κ3) is 4.35. The number of aromatic nitrogens is 1. The van der Waals surface area contributed by atoms with Crippen LogP contribution in [0.1, 0.15) is 16.9 Å². The topological polar surface area (TPSA) is 62.3 Å². The van der Waals surface area contributed by atoms with Gasteiger partial charge in [-0.2, -0.15) is 0 Å². The molecule has 0 bridgehead atoms. The van der Waals surface area contributed by atoms with E-state index in [4.69, 9.17) is 0 Å². The summed E-state index contributed by atoms with van der Waals surface area (Å²) in [5.74, 6) is -3.41. The number of benzene rings is 2. The molecule has 0 radical (unpaired) electrons. The molecule has 1 atom stereocenters. The van der Waals surface area contributed by atoms with Crippen molar-refractivity contribution in [2.45, 2.75) is 12.8 Å². The van der Waals surface area contributed by atoms with Crippen LogP contribution in [0.4, 0.5) is 24.0 Å². The van der Waals surface area contributed by atoms with Crippen LogP contribution in [0.5, 0.6) is 0 Å². The molecule has 2 amide bonds. The fourth-order valence-corrected chi connectivity index (χ4v) is 4.17. The van der Waals surface area contributed by atoms with Crippen molar-refractivity contribution in [1.29, 1.82) is 0 Å². The molecule has 1 aliphatic heterocycles. The molecule has 5 nitrogen and oxygen atoms in total. The van der Waals surface area contributed by atoms with Gasteiger partial charge >= 0.3 is 0 Å². The van der Waals surface area contributed by atoms with E-state index in [1.807, 2.05) is 0 Å². The third-order valence-electron chi connectivity index (χ3n) is 4.75. The van der Waals surface area contributed by atoms with Crippen molar-refractivity contribution < 1.29 is 22.8 Å². The number of nitrogens with zero attached hydrogens (tertiary/aromatic N) is 2. The number of thiazole rings is 1. The molecule has 3 aromatic rings. The van der Waals surface area contributed by atoms with E-state index in [0.29, 0.717) is 17.6 Å². The molecule has 0 aliphatic carbocycles. The van der Waals surface area contributed by atoms with Gasteiger partial charge in [-0.05, 0) is 29.8 Å². The second-order valence-electron chi connectivity index (χ2n) is 6.93. The van der Waals surface area contributed by atoms with Gasteiger partial charge in [-0.3, -0.25) is 9.59 Å². The molecule has 1 aromatic heterocycles. The summed E-state index contributed by atoms with van der Waals surface area (Å²) >= 11 is 1.26. The van der Waals surface area contributed by atoms with Crippen molar-refractivity contribution >= 4 is 34.0 Å². The summed E-state index contributed by atoms with van der Waals surface area (Å²) in [6.45, 7) is -0.00521. The normalized spacial score (nSPS) is 16.2. The average molecular weight is 431 g/mol. The van der Waals surface area contributed by atoms with Crippen LogP contribution in [0.25, 0.3) is 0 Å². The first-order chi connectivity index (χ1) is 14.4. The number of amides is 2. The Labute approximate surface area is 174 Å². The van der Waals surface area contributed by atoms with E-state index in [2.05, 4.69) is 10.3 Å². The summed E-state index contributed by atoms with van der Waals surface area (Å²) < 4.78 is 40.4. The minimum Gasteiger partial charge on any atom is -0.309 e. The number of hydrogen-bond acceptors (Lipinski definition) is 4. The van der Waals surface area contributed by atoms with Gasteiger partial charge in [-0.1, -0.05) is 12.1 Å². The predicted octanol–water partition coefficient (Wildman–Crippen LogP) is 4.14. The van der Waals surface area contributed by atoms with Crippen molar-refractivity contribution in [1.82, 2.24) is 4.98 Å². The zero-order valence-electron chi connectivity index (χ0n) is 15.6. The molecule has 2 aromatic carbocycles. The Morgan fingerprint density at radius 2 is 1.97 bits per heavy atom. The van der Waals surface area contributed by atoms with E-state index in [-0.39, 0.29) is 24.5 Å². The van der Waals surface area contributed by atoms with Crippen molar-refractivity contribution in [3.05, 3.63) is 76.6 Å². The monoisotopic (exact) mass is 431 g/mol. The average Bonchev–Trinajstić information content (AvgIpc) is 3.28. The Bertz CT molecular complexity index is 1120. The van der Waals surface area contributed by atoms with Crippen molar-refractivity contribution in [2.75, 3.05) is 16.8 Å². The van der Waals surface area contributed by atoms with E-state index < -0.39 is 29.4 Å². The first-order valence-corrected chi connectivity index (χ1v) is 9.96. The van der Waals surface area contributed by atoms with Gasteiger partial charge in [0.25, 0.3) is 0 Å². The molecule has 1 aliphatic rings. The van der Waals surface area contributed by atoms with E-state index >= 15 is 0 Å². The van der Waals surface area contributed by atoms with Crippen LogP contribution in [-0.4, -0.2) is 23.3 Å². The van der Waals surface area contributed by atoms with Gasteiger partial charge in [0.2, 0.25) is 11.8 Å². The Morgan fingerprint density at radius 1 is 1.17 bits per heavy atom.